The summed E-state index contributed by atoms with van der Waals surface area (Å²) in [7, 11) is 0. The van der Waals surface area contributed by atoms with E-state index < -0.39 is 17.2 Å². The smallest absolute Gasteiger partial charge is 0.368 e. The van der Waals surface area contributed by atoms with E-state index in [0.29, 0.717) is 31.9 Å². The predicted octanol–water partition coefficient (Wildman–Crippen LogP) is 3.68. The Bertz CT molecular complexity index is 1010. The molecule has 31 heavy (non-hydrogen) atoms. The number of anilines is 2. The summed E-state index contributed by atoms with van der Waals surface area (Å²) in [6.07, 6.45) is -4.39. The van der Waals surface area contributed by atoms with E-state index in [-0.39, 0.29) is 18.4 Å². The number of benzene rings is 2. The minimum Gasteiger partial charge on any atom is -0.368 e. The number of rotatable bonds is 3. The first kappa shape index (κ1) is 21.2. The molecule has 0 bridgehead atoms. The number of nitrogens with zero attached hydrogens (tertiary/aromatic N) is 3. The highest BCUT2D eigenvalue weighted by Crippen LogP contribution is 2.41. The van der Waals surface area contributed by atoms with E-state index in [0.717, 1.165) is 23.4 Å². The number of amides is 2. The van der Waals surface area contributed by atoms with E-state index in [1.807, 2.05) is 43.0 Å². The van der Waals surface area contributed by atoms with E-state index in [2.05, 4.69) is 0 Å². The van der Waals surface area contributed by atoms with Crippen LogP contribution in [0.5, 0.6) is 0 Å². The van der Waals surface area contributed by atoms with Gasteiger partial charge in [0, 0.05) is 37.6 Å². The molecule has 0 N–H and O–H groups in total. The van der Waals surface area contributed by atoms with Crippen LogP contribution in [0.15, 0.2) is 48.5 Å². The molecule has 2 aromatic rings. The van der Waals surface area contributed by atoms with E-state index in [4.69, 9.17) is 0 Å². The molecule has 2 aliphatic heterocycles. The van der Waals surface area contributed by atoms with Crippen molar-refractivity contribution < 1.29 is 22.8 Å². The Labute approximate surface area is 179 Å². The van der Waals surface area contributed by atoms with Crippen LogP contribution >= 0.6 is 0 Å². The molecule has 4 rings (SSSR count). The van der Waals surface area contributed by atoms with Crippen LogP contribution < -0.4 is 9.80 Å². The lowest BCUT2D eigenvalue weighted by atomic mass is 9.86. The average molecular weight is 431 g/mol. The summed E-state index contributed by atoms with van der Waals surface area (Å²) in [6.45, 7) is 5.32. The molecule has 0 saturated carbocycles. The maximum Gasteiger partial charge on any atom is 0.416 e. The zero-order chi connectivity index (χ0) is 22.4. The maximum absolute atomic E-state index is 13.0. The van der Waals surface area contributed by atoms with Crippen molar-refractivity contribution in [3.8, 4) is 0 Å². The summed E-state index contributed by atoms with van der Waals surface area (Å²) in [5.74, 6) is -0.269. The van der Waals surface area contributed by atoms with Gasteiger partial charge in [-0.05, 0) is 43.7 Å². The van der Waals surface area contributed by atoms with Gasteiger partial charge in [-0.15, -0.1) is 0 Å². The SMILES string of the molecule is CC1(C)C(=O)N(CC(=O)N2CCN(c3cccc(C(F)(F)F)c3)CC2)c2ccccc21. The molecular weight excluding hydrogens is 407 g/mol. The van der Waals surface area contributed by atoms with E-state index in [9.17, 15) is 22.8 Å². The van der Waals surface area contributed by atoms with Gasteiger partial charge in [0.1, 0.15) is 6.54 Å². The Morgan fingerprint density at radius 2 is 1.68 bits per heavy atom. The number of carbonyl (C=O) groups excluding carboxylic acids is 2. The fraction of sp³-hybridized carbons (Fsp3) is 0.391. The van der Waals surface area contributed by atoms with Crippen LogP contribution in [0.25, 0.3) is 0 Å². The third-order valence-corrected chi connectivity index (χ3v) is 6.11. The van der Waals surface area contributed by atoms with Crippen LogP contribution in [0.2, 0.25) is 0 Å². The molecule has 0 aliphatic carbocycles. The van der Waals surface area contributed by atoms with Crippen LogP contribution in [0.1, 0.15) is 25.0 Å². The quantitative estimate of drug-likeness (QED) is 0.745. The largest absolute Gasteiger partial charge is 0.416 e. The third kappa shape index (κ3) is 3.86. The van der Waals surface area contributed by atoms with Gasteiger partial charge in [-0.2, -0.15) is 13.2 Å². The highest BCUT2D eigenvalue weighted by molar-refractivity contribution is 6.10. The molecule has 164 valence electrons. The molecule has 1 fully saturated rings. The third-order valence-electron chi connectivity index (χ3n) is 6.11. The molecule has 0 aromatic heterocycles. The first-order valence-corrected chi connectivity index (χ1v) is 10.2. The molecule has 2 aliphatic rings. The fourth-order valence-electron chi connectivity index (χ4n) is 4.28. The van der Waals surface area contributed by atoms with Gasteiger partial charge in [0.05, 0.1) is 11.0 Å². The molecule has 0 atom stereocenters. The number of hydrogen-bond donors (Lipinski definition) is 0. The minimum atomic E-state index is -4.39. The van der Waals surface area contributed by atoms with Gasteiger partial charge in [-0.3, -0.25) is 9.59 Å². The molecule has 0 spiro atoms. The zero-order valence-corrected chi connectivity index (χ0v) is 17.4. The van der Waals surface area contributed by atoms with Gasteiger partial charge < -0.3 is 14.7 Å². The molecule has 0 unspecified atom stereocenters. The summed E-state index contributed by atoms with van der Waals surface area (Å²) < 4.78 is 39.0. The highest BCUT2D eigenvalue weighted by atomic mass is 19.4. The van der Waals surface area contributed by atoms with Gasteiger partial charge in [0.15, 0.2) is 0 Å². The van der Waals surface area contributed by atoms with Crippen LogP contribution in [-0.2, 0) is 21.2 Å². The van der Waals surface area contributed by atoms with Gasteiger partial charge >= 0.3 is 6.18 Å². The Morgan fingerprint density at radius 1 is 1.00 bits per heavy atom. The molecule has 2 amide bonds. The molecular formula is C23H24F3N3O2. The summed E-state index contributed by atoms with van der Waals surface area (Å²) in [4.78, 5) is 30.9. The predicted molar refractivity (Wildman–Crippen MR) is 112 cm³/mol. The summed E-state index contributed by atoms with van der Waals surface area (Å²) >= 11 is 0. The summed E-state index contributed by atoms with van der Waals surface area (Å²) in [6, 6.07) is 12.7. The Morgan fingerprint density at radius 3 is 2.35 bits per heavy atom. The first-order valence-electron chi connectivity index (χ1n) is 10.2. The highest BCUT2D eigenvalue weighted by Gasteiger charge is 2.44. The number of alkyl halides is 3. The van der Waals surface area contributed by atoms with Crippen molar-refractivity contribution in [1.82, 2.24) is 4.90 Å². The number of piperazine rings is 1. The molecule has 8 heteroatoms. The molecule has 1 saturated heterocycles. The van der Waals surface area contributed by atoms with Crippen molar-refractivity contribution in [2.45, 2.75) is 25.4 Å². The van der Waals surface area contributed by atoms with Crippen LogP contribution in [0, 0.1) is 0 Å². The van der Waals surface area contributed by atoms with Crippen LogP contribution in [-0.4, -0.2) is 49.4 Å². The van der Waals surface area contributed by atoms with Crippen molar-refractivity contribution in [2.24, 2.45) is 0 Å². The second kappa shape index (κ2) is 7.59. The van der Waals surface area contributed by atoms with Gasteiger partial charge in [-0.1, -0.05) is 24.3 Å². The summed E-state index contributed by atoms with van der Waals surface area (Å²) in [5.41, 5.74) is 0.791. The van der Waals surface area contributed by atoms with Crippen molar-refractivity contribution in [1.29, 1.82) is 0 Å². The number of fused-ring (bicyclic) bond motifs is 1. The molecule has 5 nitrogen and oxygen atoms in total. The van der Waals surface area contributed by atoms with Crippen molar-refractivity contribution in [2.75, 3.05) is 42.5 Å². The Hall–Kier alpha value is -3.03. The molecule has 0 radical (unpaired) electrons. The van der Waals surface area contributed by atoms with Gasteiger partial charge in [-0.25, -0.2) is 0 Å². The van der Waals surface area contributed by atoms with E-state index in [1.165, 1.54) is 11.0 Å². The van der Waals surface area contributed by atoms with Gasteiger partial charge in [0.25, 0.3) is 0 Å². The topological polar surface area (TPSA) is 43.9 Å². The first-order chi connectivity index (χ1) is 14.6. The van der Waals surface area contributed by atoms with Crippen LogP contribution in [0.4, 0.5) is 24.5 Å². The number of carbonyl (C=O) groups is 2. The standard InChI is InChI=1S/C23H24F3N3O2/c1-22(2)18-8-3-4-9-19(18)29(21(22)31)15-20(30)28-12-10-27(11-13-28)17-7-5-6-16(14-17)23(24,25)26/h3-9,14H,10-13,15H2,1-2H3. The Kier molecular flexibility index (Phi) is 5.19. The van der Waals surface area contributed by atoms with Crippen molar-refractivity contribution in [3.05, 3.63) is 59.7 Å². The van der Waals surface area contributed by atoms with Crippen LogP contribution in [0.3, 0.4) is 0 Å². The Balaban J connectivity index is 1.41. The number of halogens is 3. The van der Waals surface area contributed by atoms with Crippen molar-refractivity contribution in [3.63, 3.8) is 0 Å². The fourth-order valence-corrected chi connectivity index (χ4v) is 4.28. The molecule has 2 heterocycles. The van der Waals surface area contributed by atoms with E-state index >= 15 is 0 Å². The molecule has 2 aromatic carbocycles. The lowest BCUT2D eigenvalue weighted by Crippen LogP contribution is -2.52. The monoisotopic (exact) mass is 431 g/mol. The normalized spacial score (nSPS) is 18.4. The zero-order valence-electron chi connectivity index (χ0n) is 17.4. The van der Waals surface area contributed by atoms with Gasteiger partial charge in [0.2, 0.25) is 11.8 Å². The number of para-hydroxylation sites is 1. The lowest BCUT2D eigenvalue weighted by molar-refractivity contribution is -0.137. The summed E-state index contributed by atoms with van der Waals surface area (Å²) in [5, 5.41) is 0. The maximum atomic E-state index is 13.0. The van der Waals surface area contributed by atoms with Crippen molar-refractivity contribution >= 4 is 23.2 Å². The average Bonchev–Trinajstić information content (AvgIpc) is 2.94. The second-order valence-corrected chi connectivity index (χ2v) is 8.45. The lowest BCUT2D eigenvalue weighted by Gasteiger charge is -2.37. The van der Waals surface area contributed by atoms with E-state index in [1.54, 1.807) is 11.0 Å². The second-order valence-electron chi connectivity index (χ2n) is 8.45. The minimum absolute atomic E-state index is 0.0389. The number of hydrogen-bond acceptors (Lipinski definition) is 3.